The fraction of sp³-hybridized carbons (Fsp3) is 0.350. The van der Waals surface area contributed by atoms with Crippen molar-refractivity contribution in [1.29, 1.82) is 5.26 Å². The van der Waals surface area contributed by atoms with Crippen molar-refractivity contribution in [2.45, 2.75) is 38.3 Å². The summed E-state index contributed by atoms with van der Waals surface area (Å²) in [6.45, 7) is 1.38. The molecule has 1 N–H and O–H groups in total. The Labute approximate surface area is 148 Å². The maximum atomic E-state index is 8.55. The van der Waals surface area contributed by atoms with E-state index in [9.17, 15) is 0 Å². The minimum absolute atomic E-state index is 0.360. The molecule has 0 amide bonds. The molecule has 1 unspecified atom stereocenters. The van der Waals surface area contributed by atoms with Gasteiger partial charge in [0, 0.05) is 24.0 Å². The van der Waals surface area contributed by atoms with Gasteiger partial charge in [-0.3, -0.25) is 0 Å². The molecule has 2 aromatic rings. The predicted octanol–water partition coefficient (Wildman–Crippen LogP) is 4.80. The summed E-state index contributed by atoms with van der Waals surface area (Å²) in [6.07, 6.45) is 3.42. The Balaban J connectivity index is 1.56. The average Bonchev–Trinajstić information content (AvgIpc) is 3.02. The van der Waals surface area contributed by atoms with Gasteiger partial charge in [-0.25, -0.2) is 0 Å². The first kappa shape index (κ1) is 16.8. The maximum absolute atomic E-state index is 8.55. The van der Waals surface area contributed by atoms with Crippen LogP contribution in [0.3, 0.4) is 0 Å². The van der Waals surface area contributed by atoms with Crippen molar-refractivity contribution in [2.75, 3.05) is 6.61 Å². The topological polar surface area (TPSA) is 45.0 Å². The van der Waals surface area contributed by atoms with Gasteiger partial charge in [0.2, 0.25) is 0 Å². The van der Waals surface area contributed by atoms with Crippen molar-refractivity contribution in [1.82, 2.24) is 5.32 Å². The van der Waals surface area contributed by atoms with Crippen LogP contribution in [0.5, 0.6) is 5.75 Å². The number of hydrogen-bond donors (Lipinski definition) is 1. The average molecular weight is 341 g/mol. The first-order valence-corrected chi connectivity index (χ1v) is 8.75. The maximum Gasteiger partial charge on any atom is 0.119 e. The van der Waals surface area contributed by atoms with Gasteiger partial charge in [-0.05, 0) is 54.2 Å². The molecule has 24 heavy (non-hydrogen) atoms. The second-order valence-electron chi connectivity index (χ2n) is 6.04. The standard InChI is InChI=1S/C20H21ClN2O/c21-19-8-4-7-18-17(19)9-10-20(18)23-14-15-5-3-6-16(13-15)24-12-2-1-11-22/h3-8,13,20,23H,1-2,9-10,12,14H2. The fourth-order valence-electron chi connectivity index (χ4n) is 3.15. The van der Waals surface area contributed by atoms with Crippen LogP contribution >= 0.6 is 11.6 Å². The quantitative estimate of drug-likeness (QED) is 0.736. The normalized spacial score (nSPS) is 15.8. The van der Waals surface area contributed by atoms with E-state index in [4.69, 9.17) is 21.6 Å². The SMILES string of the molecule is N#CCCCOc1cccc(CNC2CCc3c(Cl)cccc32)c1. The molecule has 3 nitrogen and oxygen atoms in total. The van der Waals surface area contributed by atoms with Crippen molar-refractivity contribution >= 4 is 11.6 Å². The first-order valence-electron chi connectivity index (χ1n) is 8.37. The fourth-order valence-corrected chi connectivity index (χ4v) is 3.43. The number of benzene rings is 2. The van der Waals surface area contributed by atoms with Crippen LogP contribution in [0.1, 0.15) is 42.0 Å². The monoisotopic (exact) mass is 340 g/mol. The van der Waals surface area contributed by atoms with Crippen LogP contribution in [-0.2, 0) is 13.0 Å². The summed E-state index contributed by atoms with van der Waals surface area (Å²) in [4.78, 5) is 0. The lowest BCUT2D eigenvalue weighted by Gasteiger charge is -2.15. The van der Waals surface area contributed by atoms with Crippen molar-refractivity contribution in [3.8, 4) is 11.8 Å². The molecular formula is C20H21ClN2O. The van der Waals surface area contributed by atoms with Crippen molar-refractivity contribution in [3.63, 3.8) is 0 Å². The van der Waals surface area contributed by atoms with E-state index < -0.39 is 0 Å². The van der Waals surface area contributed by atoms with Gasteiger partial charge in [-0.15, -0.1) is 0 Å². The second-order valence-corrected chi connectivity index (χ2v) is 6.44. The largest absolute Gasteiger partial charge is 0.494 e. The van der Waals surface area contributed by atoms with Gasteiger partial charge in [-0.2, -0.15) is 5.26 Å². The van der Waals surface area contributed by atoms with Crippen LogP contribution in [0.2, 0.25) is 5.02 Å². The Hall–Kier alpha value is -2.02. The lowest BCUT2D eigenvalue weighted by molar-refractivity contribution is 0.312. The molecule has 4 heteroatoms. The van der Waals surface area contributed by atoms with Gasteiger partial charge >= 0.3 is 0 Å². The molecule has 1 atom stereocenters. The van der Waals surface area contributed by atoms with E-state index in [1.54, 1.807) is 0 Å². The van der Waals surface area contributed by atoms with Gasteiger partial charge in [-0.1, -0.05) is 35.9 Å². The number of ether oxygens (including phenoxy) is 1. The number of nitrogens with zero attached hydrogens (tertiary/aromatic N) is 1. The second kappa shape index (κ2) is 8.19. The molecule has 1 aliphatic carbocycles. The van der Waals surface area contributed by atoms with Crippen molar-refractivity contribution in [3.05, 3.63) is 64.2 Å². The molecule has 0 fully saturated rings. The van der Waals surface area contributed by atoms with E-state index in [1.165, 1.54) is 16.7 Å². The van der Waals surface area contributed by atoms with E-state index in [2.05, 4.69) is 29.6 Å². The van der Waals surface area contributed by atoms with Crippen LogP contribution in [-0.4, -0.2) is 6.61 Å². The highest BCUT2D eigenvalue weighted by molar-refractivity contribution is 6.31. The van der Waals surface area contributed by atoms with E-state index in [1.807, 2.05) is 24.3 Å². The zero-order valence-corrected chi connectivity index (χ0v) is 14.4. The Bertz CT molecular complexity index is 739. The molecular weight excluding hydrogens is 320 g/mol. The number of halogens is 1. The summed E-state index contributed by atoms with van der Waals surface area (Å²) < 4.78 is 5.70. The zero-order valence-electron chi connectivity index (χ0n) is 13.6. The van der Waals surface area contributed by atoms with Gasteiger partial charge < -0.3 is 10.1 Å². The summed E-state index contributed by atoms with van der Waals surface area (Å²) in [5.41, 5.74) is 3.81. The summed E-state index contributed by atoms with van der Waals surface area (Å²) in [5.74, 6) is 0.863. The smallest absolute Gasteiger partial charge is 0.119 e. The summed E-state index contributed by atoms with van der Waals surface area (Å²) in [6, 6.07) is 16.8. The minimum Gasteiger partial charge on any atom is -0.494 e. The van der Waals surface area contributed by atoms with E-state index in [-0.39, 0.29) is 0 Å². The Morgan fingerprint density at radius 2 is 2.12 bits per heavy atom. The minimum atomic E-state index is 0.360. The van der Waals surface area contributed by atoms with Crippen LogP contribution < -0.4 is 10.1 Å². The van der Waals surface area contributed by atoms with Crippen LogP contribution in [0.25, 0.3) is 0 Å². The third-order valence-electron chi connectivity index (χ3n) is 4.37. The molecule has 3 rings (SSSR count). The van der Waals surface area contributed by atoms with E-state index >= 15 is 0 Å². The lowest BCUT2D eigenvalue weighted by Crippen LogP contribution is -2.18. The molecule has 0 aliphatic heterocycles. The van der Waals surface area contributed by atoms with Crippen LogP contribution in [0.4, 0.5) is 0 Å². The molecule has 0 spiro atoms. The number of fused-ring (bicyclic) bond motifs is 1. The summed E-state index contributed by atoms with van der Waals surface area (Å²) in [7, 11) is 0. The highest BCUT2D eigenvalue weighted by atomic mass is 35.5. The summed E-state index contributed by atoms with van der Waals surface area (Å²) >= 11 is 6.28. The Morgan fingerprint density at radius 3 is 3.00 bits per heavy atom. The van der Waals surface area contributed by atoms with Gasteiger partial charge in [0.25, 0.3) is 0 Å². The predicted molar refractivity (Wildman–Crippen MR) is 96.1 cm³/mol. The highest BCUT2D eigenvalue weighted by Gasteiger charge is 2.23. The number of hydrogen-bond acceptors (Lipinski definition) is 3. The number of rotatable bonds is 7. The molecule has 0 radical (unpaired) electrons. The Kier molecular flexibility index (Phi) is 5.74. The number of unbranched alkanes of at least 4 members (excludes halogenated alkanes) is 1. The Morgan fingerprint density at radius 1 is 1.25 bits per heavy atom. The van der Waals surface area contributed by atoms with Crippen LogP contribution in [0, 0.1) is 11.3 Å². The lowest BCUT2D eigenvalue weighted by atomic mass is 10.1. The van der Waals surface area contributed by atoms with Crippen molar-refractivity contribution in [2.24, 2.45) is 0 Å². The van der Waals surface area contributed by atoms with Crippen molar-refractivity contribution < 1.29 is 4.74 Å². The summed E-state index contributed by atoms with van der Waals surface area (Å²) in [5, 5.41) is 13.1. The molecule has 1 aliphatic rings. The van der Waals surface area contributed by atoms with Gasteiger partial charge in [0.1, 0.15) is 5.75 Å². The molecule has 0 saturated carbocycles. The van der Waals surface area contributed by atoms with Gasteiger partial charge in [0.05, 0.1) is 12.7 Å². The molecule has 0 heterocycles. The number of nitriles is 1. The molecule has 0 bridgehead atoms. The highest BCUT2D eigenvalue weighted by Crippen LogP contribution is 2.35. The third-order valence-corrected chi connectivity index (χ3v) is 4.72. The van der Waals surface area contributed by atoms with E-state index in [0.29, 0.717) is 19.1 Å². The molecule has 2 aromatic carbocycles. The number of nitrogens with one attached hydrogen (secondary N) is 1. The van der Waals surface area contributed by atoms with Gasteiger partial charge in [0.15, 0.2) is 0 Å². The zero-order chi connectivity index (χ0) is 16.8. The molecule has 0 aromatic heterocycles. The van der Waals surface area contributed by atoms with E-state index in [0.717, 1.165) is 36.6 Å². The third kappa shape index (κ3) is 4.08. The van der Waals surface area contributed by atoms with Crippen LogP contribution in [0.15, 0.2) is 42.5 Å². The molecule has 0 saturated heterocycles. The first-order chi connectivity index (χ1) is 11.8. The molecule has 124 valence electrons.